The van der Waals surface area contributed by atoms with Crippen molar-refractivity contribution in [2.75, 3.05) is 12.8 Å². The number of nitrogens with one attached hydrogen (secondary N) is 1. The Hall–Kier alpha value is -3.20. The maximum Gasteiger partial charge on any atom is 0.253 e. The van der Waals surface area contributed by atoms with Crippen molar-refractivity contribution in [3.8, 4) is 17.1 Å². The molecule has 5 rings (SSSR count). The second kappa shape index (κ2) is 8.74. The summed E-state index contributed by atoms with van der Waals surface area (Å²) in [6, 6.07) is 5.56. The highest BCUT2D eigenvalue weighted by atomic mass is 16.5. The van der Waals surface area contributed by atoms with Crippen LogP contribution in [-0.2, 0) is 4.74 Å². The Morgan fingerprint density at radius 3 is 2.62 bits per heavy atom. The Morgan fingerprint density at radius 1 is 1.12 bits per heavy atom. The molecule has 0 atom stereocenters. The minimum Gasteiger partial charge on any atom is -0.481 e. The number of nitrogens with zero attached hydrogens (tertiary/aromatic N) is 4. The van der Waals surface area contributed by atoms with E-state index in [1.165, 1.54) is 25.6 Å². The van der Waals surface area contributed by atoms with Crippen LogP contribution >= 0.6 is 0 Å². The Bertz CT molecular complexity index is 1120. The molecule has 3 N–H and O–H groups in total. The summed E-state index contributed by atoms with van der Waals surface area (Å²) in [4.78, 5) is 21.5. The summed E-state index contributed by atoms with van der Waals surface area (Å²) >= 11 is 0. The summed E-state index contributed by atoms with van der Waals surface area (Å²) < 4.78 is 13.0. The van der Waals surface area contributed by atoms with E-state index in [-0.39, 0.29) is 17.8 Å². The predicted octanol–water partition coefficient (Wildman–Crippen LogP) is 2.99. The number of anilines is 1. The minimum atomic E-state index is -0.167. The number of hydrogen-bond donors (Lipinski definition) is 2. The van der Waals surface area contributed by atoms with Gasteiger partial charge in [-0.3, -0.25) is 4.79 Å². The molecule has 2 saturated carbocycles. The standard InChI is InChI=1S/C23H28N6O3/c1-31-20-11-14(9-10-25-20)19-12-18(21-22(24)26-13-27-29(19)21)23(30)28-15-5-7-17(8-6-15)32-16-3-2-4-16/h9-13,15-17H,2-8H2,1H3,(H,28,30)(H2,24,26,27). The molecule has 3 heterocycles. The molecule has 3 aromatic rings. The van der Waals surface area contributed by atoms with Gasteiger partial charge in [-0.15, -0.1) is 0 Å². The first-order valence-corrected chi connectivity index (χ1v) is 11.2. The third kappa shape index (κ3) is 4.00. The van der Waals surface area contributed by atoms with Crippen LogP contribution in [0.4, 0.5) is 5.82 Å². The normalized spacial score (nSPS) is 21.3. The van der Waals surface area contributed by atoms with Gasteiger partial charge in [0, 0.05) is 23.9 Å². The van der Waals surface area contributed by atoms with E-state index in [2.05, 4.69) is 20.4 Å². The number of carbonyl (C=O) groups excluding carboxylic acids is 1. The molecule has 1 amide bonds. The third-order valence-corrected chi connectivity index (χ3v) is 6.51. The van der Waals surface area contributed by atoms with Crippen molar-refractivity contribution < 1.29 is 14.3 Å². The Labute approximate surface area is 186 Å². The average molecular weight is 437 g/mol. The zero-order valence-corrected chi connectivity index (χ0v) is 18.2. The monoisotopic (exact) mass is 436 g/mol. The first-order chi connectivity index (χ1) is 15.6. The number of nitrogen functional groups attached to an aromatic ring is 1. The number of methoxy groups -OCH3 is 1. The van der Waals surface area contributed by atoms with Gasteiger partial charge in [-0.2, -0.15) is 5.10 Å². The number of amides is 1. The molecule has 0 aliphatic heterocycles. The van der Waals surface area contributed by atoms with Gasteiger partial charge < -0.3 is 20.5 Å². The fourth-order valence-electron chi connectivity index (χ4n) is 4.51. The van der Waals surface area contributed by atoms with Gasteiger partial charge in [-0.25, -0.2) is 14.5 Å². The van der Waals surface area contributed by atoms with Crippen LogP contribution < -0.4 is 15.8 Å². The molecule has 2 aliphatic carbocycles. The number of ether oxygens (including phenoxy) is 2. The number of nitrogens with two attached hydrogens (primary N) is 1. The first-order valence-electron chi connectivity index (χ1n) is 11.2. The van der Waals surface area contributed by atoms with Crippen LogP contribution in [0.25, 0.3) is 16.8 Å². The quantitative estimate of drug-likeness (QED) is 0.610. The molecular weight excluding hydrogens is 408 g/mol. The van der Waals surface area contributed by atoms with Crippen LogP contribution in [0.15, 0.2) is 30.7 Å². The second-order valence-electron chi connectivity index (χ2n) is 8.57. The molecule has 0 radical (unpaired) electrons. The van der Waals surface area contributed by atoms with Gasteiger partial charge in [0.05, 0.1) is 30.6 Å². The average Bonchev–Trinajstić information content (AvgIpc) is 3.19. The van der Waals surface area contributed by atoms with E-state index in [0.717, 1.165) is 36.9 Å². The van der Waals surface area contributed by atoms with E-state index in [9.17, 15) is 4.79 Å². The SMILES string of the molecule is COc1cc(-c2cc(C(=O)NC3CCC(OC4CCC4)CC3)c3c(N)ncnn23)ccn1. The number of carbonyl (C=O) groups is 1. The predicted molar refractivity (Wildman–Crippen MR) is 119 cm³/mol. The Kier molecular flexibility index (Phi) is 5.65. The van der Waals surface area contributed by atoms with Crippen molar-refractivity contribution in [1.29, 1.82) is 0 Å². The molecule has 0 unspecified atom stereocenters. The number of rotatable bonds is 6. The Morgan fingerprint density at radius 2 is 1.91 bits per heavy atom. The lowest BCUT2D eigenvalue weighted by molar-refractivity contribution is -0.0669. The van der Waals surface area contributed by atoms with E-state index < -0.39 is 0 Å². The van der Waals surface area contributed by atoms with E-state index in [0.29, 0.717) is 29.2 Å². The van der Waals surface area contributed by atoms with Crippen LogP contribution in [0.5, 0.6) is 5.88 Å². The zero-order chi connectivity index (χ0) is 22.1. The summed E-state index contributed by atoms with van der Waals surface area (Å²) in [5, 5.41) is 7.53. The third-order valence-electron chi connectivity index (χ3n) is 6.51. The molecule has 0 spiro atoms. The summed E-state index contributed by atoms with van der Waals surface area (Å²) in [6.07, 6.45) is 11.2. The van der Waals surface area contributed by atoms with Gasteiger partial charge in [-0.05, 0) is 57.1 Å². The van der Waals surface area contributed by atoms with Gasteiger partial charge in [0.15, 0.2) is 5.82 Å². The fraction of sp³-hybridized carbons (Fsp3) is 0.478. The van der Waals surface area contributed by atoms with Crippen molar-refractivity contribution in [2.45, 2.75) is 63.2 Å². The largest absolute Gasteiger partial charge is 0.481 e. The molecule has 2 aliphatic rings. The highest BCUT2D eigenvalue weighted by Crippen LogP contribution is 2.31. The van der Waals surface area contributed by atoms with Crippen LogP contribution in [0, 0.1) is 0 Å². The molecule has 9 heteroatoms. The summed E-state index contributed by atoms with van der Waals surface area (Å²) in [5.74, 6) is 0.570. The lowest BCUT2D eigenvalue weighted by atomic mass is 9.91. The van der Waals surface area contributed by atoms with Gasteiger partial charge in [0.25, 0.3) is 5.91 Å². The Balaban J connectivity index is 1.36. The van der Waals surface area contributed by atoms with E-state index in [4.69, 9.17) is 15.2 Å². The molecule has 2 fully saturated rings. The van der Waals surface area contributed by atoms with Crippen LogP contribution in [0.1, 0.15) is 55.3 Å². The topological polar surface area (TPSA) is 117 Å². The number of aromatic nitrogens is 4. The summed E-state index contributed by atoms with van der Waals surface area (Å²) in [7, 11) is 1.56. The highest BCUT2D eigenvalue weighted by Gasteiger charge is 2.29. The first kappa shape index (κ1) is 20.7. The van der Waals surface area contributed by atoms with Crippen LogP contribution in [-0.4, -0.2) is 50.8 Å². The van der Waals surface area contributed by atoms with Gasteiger partial charge in [-0.1, -0.05) is 0 Å². The molecule has 0 aromatic carbocycles. The fourth-order valence-corrected chi connectivity index (χ4v) is 4.51. The molecule has 32 heavy (non-hydrogen) atoms. The highest BCUT2D eigenvalue weighted by molar-refractivity contribution is 6.05. The maximum absolute atomic E-state index is 13.3. The number of pyridine rings is 1. The zero-order valence-electron chi connectivity index (χ0n) is 18.2. The number of fused-ring (bicyclic) bond motifs is 1. The van der Waals surface area contributed by atoms with E-state index in [1.54, 1.807) is 30.0 Å². The van der Waals surface area contributed by atoms with Gasteiger partial charge in [0.1, 0.15) is 11.8 Å². The van der Waals surface area contributed by atoms with Crippen molar-refractivity contribution in [1.82, 2.24) is 24.9 Å². The molecule has 9 nitrogen and oxygen atoms in total. The van der Waals surface area contributed by atoms with Crippen molar-refractivity contribution >= 4 is 17.2 Å². The number of hydrogen-bond acceptors (Lipinski definition) is 7. The van der Waals surface area contributed by atoms with Crippen molar-refractivity contribution in [2.24, 2.45) is 0 Å². The molecular formula is C23H28N6O3. The lowest BCUT2D eigenvalue weighted by Crippen LogP contribution is -2.40. The smallest absolute Gasteiger partial charge is 0.253 e. The van der Waals surface area contributed by atoms with Crippen LogP contribution in [0.2, 0.25) is 0 Å². The molecule has 0 bridgehead atoms. The molecule has 168 valence electrons. The second-order valence-corrected chi connectivity index (χ2v) is 8.57. The van der Waals surface area contributed by atoms with Gasteiger partial charge >= 0.3 is 0 Å². The van der Waals surface area contributed by atoms with Gasteiger partial charge in [0.2, 0.25) is 5.88 Å². The minimum absolute atomic E-state index is 0.119. The summed E-state index contributed by atoms with van der Waals surface area (Å²) in [5.41, 5.74) is 8.65. The van der Waals surface area contributed by atoms with Crippen molar-refractivity contribution in [3.63, 3.8) is 0 Å². The van der Waals surface area contributed by atoms with Crippen molar-refractivity contribution in [3.05, 3.63) is 36.3 Å². The van der Waals surface area contributed by atoms with E-state index in [1.807, 2.05) is 6.07 Å². The summed E-state index contributed by atoms with van der Waals surface area (Å²) in [6.45, 7) is 0. The molecule has 0 saturated heterocycles. The lowest BCUT2D eigenvalue weighted by Gasteiger charge is -2.34. The van der Waals surface area contributed by atoms with E-state index >= 15 is 0 Å². The molecule has 3 aromatic heterocycles. The van der Waals surface area contributed by atoms with Crippen LogP contribution in [0.3, 0.4) is 0 Å². The maximum atomic E-state index is 13.3.